The van der Waals surface area contributed by atoms with Crippen LogP contribution in [0.4, 0.5) is 5.69 Å². The molecule has 1 atom stereocenters. The number of nitrogens with zero attached hydrogens (tertiary/aromatic N) is 1. The Morgan fingerprint density at radius 1 is 0.967 bits per heavy atom. The van der Waals surface area contributed by atoms with Crippen LogP contribution in [0.1, 0.15) is 16.7 Å². The molecule has 5 rings (SSSR count). The van der Waals surface area contributed by atoms with Crippen LogP contribution in [0.25, 0.3) is 10.9 Å². The van der Waals surface area contributed by atoms with Gasteiger partial charge in [-0.25, -0.2) is 0 Å². The zero-order chi connectivity index (χ0) is 20.7. The number of nitrogens with one attached hydrogen (secondary N) is 1. The predicted molar refractivity (Wildman–Crippen MR) is 117 cm³/mol. The van der Waals surface area contributed by atoms with Gasteiger partial charge >= 0.3 is 0 Å². The van der Waals surface area contributed by atoms with Gasteiger partial charge in [0.2, 0.25) is 0 Å². The second-order valence-electron chi connectivity index (χ2n) is 7.59. The van der Waals surface area contributed by atoms with Crippen LogP contribution in [0.5, 0.6) is 5.75 Å². The van der Waals surface area contributed by atoms with Crippen molar-refractivity contribution in [2.45, 2.75) is 12.5 Å². The summed E-state index contributed by atoms with van der Waals surface area (Å²) in [4.78, 5) is 18.3. The number of carbonyl (C=O) groups excluding carboxylic acids is 1. The van der Waals surface area contributed by atoms with Gasteiger partial charge < -0.3 is 19.7 Å². The van der Waals surface area contributed by atoms with Gasteiger partial charge in [-0.3, -0.25) is 4.79 Å². The topological polar surface area (TPSA) is 65.6 Å². The molecule has 2 N–H and O–H groups in total. The molecule has 1 aromatic heterocycles. The van der Waals surface area contributed by atoms with Gasteiger partial charge in [0, 0.05) is 28.2 Å². The number of ether oxygens (including phenoxy) is 1. The molecule has 5 heteroatoms. The fourth-order valence-electron chi connectivity index (χ4n) is 4.18. The Morgan fingerprint density at radius 2 is 1.70 bits per heavy atom. The van der Waals surface area contributed by atoms with Gasteiger partial charge in [0.1, 0.15) is 12.4 Å². The van der Waals surface area contributed by atoms with Crippen molar-refractivity contribution < 1.29 is 14.6 Å². The average Bonchev–Trinajstić information content (AvgIpc) is 3.30. The Labute approximate surface area is 174 Å². The molecule has 1 unspecified atom stereocenters. The molecule has 1 aliphatic heterocycles. The van der Waals surface area contributed by atoms with Gasteiger partial charge in [-0.2, -0.15) is 0 Å². The van der Waals surface area contributed by atoms with Crippen molar-refractivity contribution in [3.8, 4) is 5.75 Å². The molecule has 0 saturated heterocycles. The minimum Gasteiger partial charge on any atom is -0.492 e. The summed E-state index contributed by atoms with van der Waals surface area (Å²) in [6.45, 7) is 2.69. The van der Waals surface area contributed by atoms with Crippen molar-refractivity contribution in [2.75, 3.05) is 18.1 Å². The van der Waals surface area contributed by atoms with Crippen molar-refractivity contribution in [3.05, 3.63) is 95.7 Å². The van der Waals surface area contributed by atoms with Crippen LogP contribution in [0, 0.1) is 6.92 Å². The van der Waals surface area contributed by atoms with Crippen molar-refractivity contribution in [3.63, 3.8) is 0 Å². The third-order valence-corrected chi connectivity index (χ3v) is 5.72. The Bertz CT molecular complexity index is 1230. The molecule has 0 fully saturated rings. The van der Waals surface area contributed by atoms with Crippen LogP contribution < -0.4 is 9.64 Å². The molecule has 30 heavy (non-hydrogen) atoms. The van der Waals surface area contributed by atoms with Crippen LogP contribution in [0.15, 0.2) is 79.0 Å². The molecule has 0 aliphatic carbocycles. The lowest BCUT2D eigenvalue weighted by molar-refractivity contribution is -0.132. The fourth-order valence-corrected chi connectivity index (χ4v) is 4.18. The van der Waals surface area contributed by atoms with E-state index in [0.717, 1.165) is 22.2 Å². The van der Waals surface area contributed by atoms with Crippen molar-refractivity contribution in [1.29, 1.82) is 0 Å². The van der Waals surface area contributed by atoms with E-state index in [1.54, 1.807) is 11.1 Å². The monoisotopic (exact) mass is 398 g/mol. The third kappa shape index (κ3) is 2.78. The maximum Gasteiger partial charge on any atom is 0.268 e. The summed E-state index contributed by atoms with van der Waals surface area (Å²) >= 11 is 0. The number of benzene rings is 3. The number of fused-ring (bicyclic) bond motifs is 2. The molecule has 0 spiro atoms. The highest BCUT2D eigenvalue weighted by atomic mass is 16.5. The largest absolute Gasteiger partial charge is 0.492 e. The molecular formula is C25H22N2O3. The predicted octanol–water partition coefficient (Wildman–Crippen LogP) is 4.14. The molecule has 4 aromatic rings. The lowest BCUT2D eigenvalue weighted by atomic mass is 9.87. The quantitative estimate of drug-likeness (QED) is 0.531. The van der Waals surface area contributed by atoms with Crippen molar-refractivity contribution in [2.24, 2.45) is 0 Å². The van der Waals surface area contributed by atoms with Gasteiger partial charge in [-0.05, 0) is 31.2 Å². The number of aliphatic hydroxyl groups is 1. The fraction of sp³-hybridized carbons (Fsp3) is 0.160. The first-order chi connectivity index (χ1) is 14.6. The van der Waals surface area contributed by atoms with E-state index in [1.807, 2.05) is 79.7 Å². The normalized spacial score (nSPS) is 18.1. The number of hydrogen-bond donors (Lipinski definition) is 2. The lowest BCUT2D eigenvalue weighted by Gasteiger charge is -2.23. The van der Waals surface area contributed by atoms with Crippen LogP contribution >= 0.6 is 0 Å². The van der Waals surface area contributed by atoms with Crippen LogP contribution in [-0.4, -0.2) is 29.1 Å². The number of amides is 1. The summed E-state index contributed by atoms with van der Waals surface area (Å²) in [6, 6.07) is 22.9. The summed E-state index contributed by atoms with van der Waals surface area (Å²) in [7, 11) is 0. The van der Waals surface area contributed by atoms with Gasteiger partial charge in [0.15, 0.2) is 5.60 Å². The van der Waals surface area contributed by atoms with Crippen LogP contribution in [-0.2, 0) is 10.4 Å². The van der Waals surface area contributed by atoms with E-state index in [9.17, 15) is 9.90 Å². The van der Waals surface area contributed by atoms with Gasteiger partial charge in [0.05, 0.1) is 12.2 Å². The Balaban J connectivity index is 1.47. The summed E-state index contributed by atoms with van der Waals surface area (Å²) in [5.74, 6) is 0.397. The summed E-state index contributed by atoms with van der Waals surface area (Å²) < 4.78 is 5.83. The number of aryl methyl sites for hydroxylation is 1. The summed E-state index contributed by atoms with van der Waals surface area (Å²) in [5.41, 5.74) is 2.18. The summed E-state index contributed by atoms with van der Waals surface area (Å²) in [6.07, 6.45) is 1.73. The van der Waals surface area contributed by atoms with E-state index in [0.29, 0.717) is 30.0 Å². The molecular weight excluding hydrogens is 376 g/mol. The van der Waals surface area contributed by atoms with Crippen molar-refractivity contribution >= 4 is 22.5 Å². The second-order valence-corrected chi connectivity index (χ2v) is 7.59. The standard InChI is InChI=1S/C25H22N2O3/c1-17-10-12-18(13-11-17)30-15-14-27-23-9-5-3-7-20(23)25(29,24(27)28)21-16-26-22-8-4-2-6-19(21)22/h2-13,16,26,29H,14-15H2,1H3. The van der Waals surface area contributed by atoms with E-state index >= 15 is 0 Å². The number of anilines is 1. The summed E-state index contributed by atoms with van der Waals surface area (Å²) in [5, 5.41) is 12.6. The number of aromatic nitrogens is 1. The van der Waals surface area contributed by atoms with Gasteiger partial charge in [-0.15, -0.1) is 0 Å². The average molecular weight is 398 g/mol. The van der Waals surface area contributed by atoms with E-state index in [1.165, 1.54) is 0 Å². The Kier molecular flexibility index (Phi) is 4.33. The molecule has 1 aliphatic rings. The van der Waals surface area contributed by atoms with Gasteiger partial charge in [-0.1, -0.05) is 54.1 Å². The third-order valence-electron chi connectivity index (χ3n) is 5.72. The number of aromatic amines is 1. The maximum atomic E-state index is 13.5. The lowest BCUT2D eigenvalue weighted by Crippen LogP contribution is -2.42. The molecule has 2 heterocycles. The molecule has 0 radical (unpaired) electrons. The number of rotatable bonds is 5. The molecule has 5 nitrogen and oxygen atoms in total. The van der Waals surface area contributed by atoms with Gasteiger partial charge in [0.25, 0.3) is 5.91 Å². The minimum absolute atomic E-state index is 0.326. The molecule has 150 valence electrons. The molecule has 0 bridgehead atoms. The molecule has 3 aromatic carbocycles. The highest BCUT2D eigenvalue weighted by Crippen LogP contribution is 2.46. The SMILES string of the molecule is Cc1ccc(OCCN2C(=O)C(O)(c3c[nH]c4ccccc34)c3ccccc32)cc1. The first kappa shape index (κ1) is 18.5. The van der Waals surface area contributed by atoms with Crippen LogP contribution in [0.2, 0.25) is 0 Å². The number of para-hydroxylation sites is 2. The number of carbonyl (C=O) groups is 1. The molecule has 1 amide bonds. The van der Waals surface area contributed by atoms with Crippen molar-refractivity contribution in [1.82, 2.24) is 4.98 Å². The van der Waals surface area contributed by atoms with E-state index in [2.05, 4.69) is 4.98 Å². The zero-order valence-corrected chi connectivity index (χ0v) is 16.6. The first-order valence-corrected chi connectivity index (χ1v) is 9.99. The number of hydrogen-bond acceptors (Lipinski definition) is 3. The second kappa shape index (κ2) is 7.04. The molecule has 0 saturated carbocycles. The van der Waals surface area contributed by atoms with E-state index in [4.69, 9.17) is 4.74 Å². The van der Waals surface area contributed by atoms with E-state index in [-0.39, 0.29) is 5.91 Å². The number of H-pyrrole nitrogens is 1. The first-order valence-electron chi connectivity index (χ1n) is 9.99. The van der Waals surface area contributed by atoms with Crippen LogP contribution in [0.3, 0.4) is 0 Å². The van der Waals surface area contributed by atoms with E-state index < -0.39 is 5.60 Å². The minimum atomic E-state index is -1.74. The maximum absolute atomic E-state index is 13.5. The zero-order valence-electron chi connectivity index (χ0n) is 16.6. The Hall–Kier alpha value is -3.57. The highest BCUT2D eigenvalue weighted by Gasteiger charge is 2.51. The smallest absolute Gasteiger partial charge is 0.268 e. The highest BCUT2D eigenvalue weighted by molar-refractivity contribution is 6.11. The Morgan fingerprint density at radius 3 is 2.53 bits per heavy atom.